The summed E-state index contributed by atoms with van der Waals surface area (Å²) < 4.78 is 5.14. The van der Waals surface area contributed by atoms with Crippen molar-refractivity contribution in [1.29, 1.82) is 0 Å². The van der Waals surface area contributed by atoms with Gasteiger partial charge < -0.3 is 19.4 Å². The standard InChI is InChI=1S/C20H30N4O3/c1-22(2)11-12-23-14-20(8-5-18(23)25)7-4-10-24(15-20)19(26)16-6-9-21-17(13-16)27-3/h6,9,13H,4-5,7-8,10-12,14-15H2,1-3H3. The second-order valence-corrected chi connectivity index (χ2v) is 8.04. The van der Waals surface area contributed by atoms with Gasteiger partial charge in [0.25, 0.3) is 5.91 Å². The molecule has 27 heavy (non-hydrogen) atoms. The van der Waals surface area contributed by atoms with Crippen molar-refractivity contribution in [1.82, 2.24) is 19.7 Å². The van der Waals surface area contributed by atoms with Crippen LogP contribution in [0.5, 0.6) is 5.88 Å². The number of pyridine rings is 1. The fraction of sp³-hybridized carbons (Fsp3) is 0.650. The van der Waals surface area contributed by atoms with Gasteiger partial charge in [-0.2, -0.15) is 0 Å². The molecule has 2 aliphatic heterocycles. The van der Waals surface area contributed by atoms with Crippen molar-refractivity contribution in [3.63, 3.8) is 0 Å². The molecule has 148 valence electrons. The number of amides is 2. The van der Waals surface area contributed by atoms with Gasteiger partial charge in [-0.25, -0.2) is 4.98 Å². The van der Waals surface area contributed by atoms with Crippen LogP contribution in [0.1, 0.15) is 36.0 Å². The summed E-state index contributed by atoms with van der Waals surface area (Å²) in [6, 6.07) is 3.43. The molecule has 1 spiro atoms. The number of carbonyl (C=O) groups is 2. The molecule has 2 saturated heterocycles. The SMILES string of the molecule is COc1cc(C(=O)N2CCCC3(CCC(=O)N(CCN(C)C)C3)C2)ccn1. The Kier molecular flexibility index (Phi) is 5.99. The molecule has 0 aromatic carbocycles. The lowest BCUT2D eigenvalue weighted by Gasteiger charge is -2.48. The van der Waals surface area contributed by atoms with Crippen LogP contribution >= 0.6 is 0 Å². The van der Waals surface area contributed by atoms with Gasteiger partial charge in [0, 0.05) is 62.4 Å². The summed E-state index contributed by atoms with van der Waals surface area (Å²) in [5.74, 6) is 0.710. The van der Waals surface area contributed by atoms with E-state index in [9.17, 15) is 9.59 Å². The molecular formula is C20H30N4O3. The Bertz CT molecular complexity index is 694. The predicted octanol–water partition coefficient (Wildman–Crippen LogP) is 1.50. The molecule has 1 aromatic heterocycles. The van der Waals surface area contributed by atoms with Gasteiger partial charge in [-0.05, 0) is 39.4 Å². The highest BCUT2D eigenvalue weighted by Gasteiger charge is 2.42. The monoisotopic (exact) mass is 374 g/mol. The molecule has 7 heteroatoms. The van der Waals surface area contributed by atoms with Crippen LogP contribution < -0.4 is 4.74 Å². The first-order valence-electron chi connectivity index (χ1n) is 9.64. The third-order valence-electron chi connectivity index (χ3n) is 5.70. The number of piperidine rings is 2. The van der Waals surface area contributed by atoms with Gasteiger partial charge in [-0.15, -0.1) is 0 Å². The number of ether oxygens (including phenoxy) is 1. The van der Waals surface area contributed by atoms with E-state index in [0.29, 0.717) is 24.4 Å². The summed E-state index contributed by atoms with van der Waals surface area (Å²) in [7, 11) is 5.59. The van der Waals surface area contributed by atoms with Crippen LogP contribution in [0.15, 0.2) is 18.3 Å². The average molecular weight is 374 g/mol. The lowest BCUT2D eigenvalue weighted by Crippen LogP contribution is -2.55. The van der Waals surface area contributed by atoms with E-state index in [1.54, 1.807) is 25.4 Å². The molecule has 1 aromatic rings. The maximum absolute atomic E-state index is 13.0. The quantitative estimate of drug-likeness (QED) is 0.781. The summed E-state index contributed by atoms with van der Waals surface area (Å²) in [6.07, 6.45) is 5.10. The van der Waals surface area contributed by atoms with E-state index in [1.165, 1.54) is 0 Å². The van der Waals surface area contributed by atoms with Crippen LogP contribution in [0, 0.1) is 5.41 Å². The summed E-state index contributed by atoms with van der Waals surface area (Å²) in [5.41, 5.74) is 0.626. The normalized spacial score (nSPS) is 23.2. The number of nitrogens with zero attached hydrogens (tertiary/aromatic N) is 4. The number of hydrogen-bond donors (Lipinski definition) is 0. The molecule has 0 radical (unpaired) electrons. The van der Waals surface area contributed by atoms with Crippen LogP contribution in [0.4, 0.5) is 0 Å². The van der Waals surface area contributed by atoms with E-state index in [-0.39, 0.29) is 17.2 Å². The zero-order valence-corrected chi connectivity index (χ0v) is 16.6. The van der Waals surface area contributed by atoms with Crippen molar-refractivity contribution < 1.29 is 14.3 Å². The topological polar surface area (TPSA) is 66.0 Å². The Morgan fingerprint density at radius 1 is 1.33 bits per heavy atom. The van der Waals surface area contributed by atoms with Gasteiger partial charge >= 0.3 is 0 Å². The van der Waals surface area contributed by atoms with Gasteiger partial charge in [0.1, 0.15) is 0 Å². The smallest absolute Gasteiger partial charge is 0.254 e. The van der Waals surface area contributed by atoms with E-state index in [2.05, 4.69) is 9.88 Å². The third-order valence-corrected chi connectivity index (χ3v) is 5.70. The Labute approximate surface area is 161 Å². The van der Waals surface area contributed by atoms with E-state index in [1.807, 2.05) is 23.9 Å². The van der Waals surface area contributed by atoms with Gasteiger partial charge in [0.2, 0.25) is 11.8 Å². The fourth-order valence-electron chi connectivity index (χ4n) is 4.18. The van der Waals surface area contributed by atoms with Crippen LogP contribution in [0.2, 0.25) is 0 Å². The average Bonchev–Trinajstić information content (AvgIpc) is 2.68. The third kappa shape index (κ3) is 4.58. The highest BCUT2D eigenvalue weighted by atomic mass is 16.5. The molecule has 3 rings (SSSR count). The van der Waals surface area contributed by atoms with E-state index in [0.717, 1.165) is 45.4 Å². The van der Waals surface area contributed by atoms with Crippen molar-refractivity contribution in [2.75, 3.05) is 53.9 Å². The van der Waals surface area contributed by atoms with Crippen LogP contribution in [0.25, 0.3) is 0 Å². The first kappa shape index (κ1) is 19.6. The minimum Gasteiger partial charge on any atom is -0.481 e. The summed E-state index contributed by atoms with van der Waals surface area (Å²) in [6.45, 7) is 3.84. The molecule has 0 saturated carbocycles. The largest absolute Gasteiger partial charge is 0.481 e. The maximum atomic E-state index is 13.0. The van der Waals surface area contributed by atoms with Crippen molar-refractivity contribution in [3.05, 3.63) is 23.9 Å². The van der Waals surface area contributed by atoms with Crippen molar-refractivity contribution >= 4 is 11.8 Å². The van der Waals surface area contributed by atoms with E-state index in [4.69, 9.17) is 4.74 Å². The summed E-state index contributed by atoms with van der Waals surface area (Å²) in [4.78, 5) is 35.5. The van der Waals surface area contributed by atoms with Crippen molar-refractivity contribution in [2.24, 2.45) is 5.41 Å². The molecule has 1 unspecified atom stereocenters. The van der Waals surface area contributed by atoms with Crippen LogP contribution in [-0.4, -0.2) is 85.4 Å². The summed E-state index contributed by atoms with van der Waals surface area (Å²) >= 11 is 0. The number of likely N-dealkylation sites (tertiary alicyclic amines) is 2. The van der Waals surface area contributed by atoms with Crippen LogP contribution in [-0.2, 0) is 4.79 Å². The number of methoxy groups -OCH3 is 1. The van der Waals surface area contributed by atoms with Gasteiger partial charge in [-0.3, -0.25) is 9.59 Å². The number of aromatic nitrogens is 1. The number of carbonyl (C=O) groups excluding carboxylic acids is 2. The van der Waals surface area contributed by atoms with E-state index >= 15 is 0 Å². The second-order valence-electron chi connectivity index (χ2n) is 8.04. The van der Waals surface area contributed by atoms with Crippen molar-refractivity contribution in [3.8, 4) is 5.88 Å². The zero-order chi connectivity index (χ0) is 19.4. The van der Waals surface area contributed by atoms with Gasteiger partial charge in [0.15, 0.2) is 0 Å². The molecule has 1 atom stereocenters. The number of rotatable bonds is 5. The molecule has 0 aliphatic carbocycles. The van der Waals surface area contributed by atoms with Crippen molar-refractivity contribution in [2.45, 2.75) is 25.7 Å². The molecule has 2 amide bonds. The first-order chi connectivity index (χ1) is 12.9. The highest BCUT2D eigenvalue weighted by molar-refractivity contribution is 5.94. The molecule has 3 heterocycles. The Hall–Kier alpha value is -2.15. The minimum atomic E-state index is 0.0191. The van der Waals surface area contributed by atoms with Gasteiger partial charge in [-0.1, -0.05) is 0 Å². The minimum absolute atomic E-state index is 0.0191. The van der Waals surface area contributed by atoms with E-state index < -0.39 is 0 Å². The highest BCUT2D eigenvalue weighted by Crippen LogP contribution is 2.39. The second kappa shape index (κ2) is 8.25. The van der Waals surface area contributed by atoms with Gasteiger partial charge in [0.05, 0.1) is 7.11 Å². The lowest BCUT2D eigenvalue weighted by molar-refractivity contribution is -0.139. The molecule has 0 N–H and O–H groups in total. The Balaban J connectivity index is 1.70. The maximum Gasteiger partial charge on any atom is 0.254 e. The zero-order valence-electron chi connectivity index (χ0n) is 16.6. The number of likely N-dealkylation sites (N-methyl/N-ethyl adjacent to an activating group) is 1. The Morgan fingerprint density at radius 2 is 2.15 bits per heavy atom. The number of hydrogen-bond acceptors (Lipinski definition) is 5. The predicted molar refractivity (Wildman–Crippen MR) is 103 cm³/mol. The first-order valence-corrected chi connectivity index (χ1v) is 9.64. The molecule has 0 bridgehead atoms. The molecular weight excluding hydrogens is 344 g/mol. The van der Waals surface area contributed by atoms with Crippen LogP contribution in [0.3, 0.4) is 0 Å². The summed E-state index contributed by atoms with van der Waals surface area (Å²) in [5, 5.41) is 0. The molecule has 2 aliphatic rings. The fourth-order valence-corrected chi connectivity index (χ4v) is 4.18. The lowest BCUT2D eigenvalue weighted by atomic mass is 9.73. The Morgan fingerprint density at radius 3 is 2.89 bits per heavy atom. The molecule has 2 fully saturated rings. The molecule has 7 nitrogen and oxygen atoms in total.